The molecule has 6 nitrogen and oxygen atoms in total. The molecule has 1 aromatic heterocycles. The van der Waals surface area contributed by atoms with Crippen LogP contribution in [0.5, 0.6) is 0 Å². The Labute approximate surface area is 192 Å². The van der Waals surface area contributed by atoms with Gasteiger partial charge >= 0.3 is 0 Å². The lowest BCUT2D eigenvalue weighted by atomic mass is 9.93. The maximum atomic E-state index is 13.0. The van der Waals surface area contributed by atoms with Crippen LogP contribution >= 0.6 is 11.6 Å². The molecule has 0 saturated heterocycles. The van der Waals surface area contributed by atoms with Crippen molar-refractivity contribution in [2.24, 2.45) is 0 Å². The number of benzene rings is 2. The van der Waals surface area contributed by atoms with Crippen LogP contribution in [-0.4, -0.2) is 23.5 Å². The highest BCUT2D eigenvalue weighted by Gasteiger charge is 2.34. The van der Waals surface area contributed by atoms with Gasteiger partial charge in [0.1, 0.15) is 12.1 Å². The smallest absolute Gasteiger partial charge is 0.248 e. The number of carbonyl (C=O) groups excluding carboxylic acids is 1. The molecule has 2 aromatic carbocycles. The zero-order valence-electron chi connectivity index (χ0n) is 17.9. The van der Waals surface area contributed by atoms with Crippen LogP contribution in [0, 0.1) is 18.3 Å². The number of pyridine rings is 1. The number of anilines is 2. The van der Waals surface area contributed by atoms with E-state index in [-0.39, 0.29) is 17.9 Å². The number of hydrogen-bond donors (Lipinski definition) is 3. The van der Waals surface area contributed by atoms with Crippen molar-refractivity contribution in [1.82, 2.24) is 10.3 Å². The van der Waals surface area contributed by atoms with Crippen molar-refractivity contribution >= 4 is 28.9 Å². The third-order valence-electron chi connectivity index (χ3n) is 5.81. The first-order valence-electron chi connectivity index (χ1n) is 10.5. The fourth-order valence-corrected chi connectivity index (χ4v) is 4.39. The average molecular weight is 446 g/mol. The summed E-state index contributed by atoms with van der Waals surface area (Å²) in [4.78, 5) is 17.3. The van der Waals surface area contributed by atoms with Gasteiger partial charge in [0.15, 0.2) is 0 Å². The molecule has 1 amide bonds. The van der Waals surface area contributed by atoms with Crippen molar-refractivity contribution in [3.63, 3.8) is 0 Å². The lowest BCUT2D eigenvalue weighted by molar-refractivity contribution is -0.117. The molecular formula is C25H24ClN5O. The van der Waals surface area contributed by atoms with Gasteiger partial charge in [-0.05, 0) is 59.9 Å². The second kappa shape index (κ2) is 9.39. The number of aromatic nitrogens is 1. The summed E-state index contributed by atoms with van der Waals surface area (Å²) in [5.41, 5.74) is 4.95. The molecule has 0 fully saturated rings. The maximum absolute atomic E-state index is 13.0. The number of nitrogens with zero attached hydrogens (tertiary/aromatic N) is 2. The zero-order chi connectivity index (χ0) is 22.7. The van der Waals surface area contributed by atoms with Gasteiger partial charge in [-0.15, -0.1) is 0 Å². The highest BCUT2D eigenvalue weighted by Crippen LogP contribution is 2.34. The highest BCUT2D eigenvalue weighted by atomic mass is 35.5. The van der Waals surface area contributed by atoms with Crippen LogP contribution < -0.4 is 16.0 Å². The number of nitriles is 1. The van der Waals surface area contributed by atoms with Gasteiger partial charge < -0.3 is 16.0 Å². The number of amides is 1. The van der Waals surface area contributed by atoms with E-state index in [0.717, 1.165) is 16.1 Å². The standard InChI is InChI=1S/C25H24ClN5O/c1-15-11-19(26)8-9-20(15)16(2)13-29-23(18-6-4-10-28-14-18)24-25(32)30-21-7-3-5-17(12-27)22(21)31-24/h3-11,14,16,23-24,29,31H,13H2,1-2H3,(H,30,32)/t16-,23-,24+/m1/s1. The van der Waals surface area contributed by atoms with E-state index in [1.807, 2.05) is 37.3 Å². The van der Waals surface area contributed by atoms with E-state index in [4.69, 9.17) is 11.6 Å². The summed E-state index contributed by atoms with van der Waals surface area (Å²) < 4.78 is 0. The van der Waals surface area contributed by atoms with E-state index in [0.29, 0.717) is 23.5 Å². The summed E-state index contributed by atoms with van der Waals surface area (Å²) in [5, 5.41) is 20.0. The van der Waals surface area contributed by atoms with E-state index in [2.05, 4.69) is 33.9 Å². The average Bonchev–Trinajstić information content (AvgIpc) is 2.79. The fraction of sp³-hybridized carbons (Fsp3) is 0.240. The minimum atomic E-state index is -0.611. The molecule has 3 aromatic rings. The van der Waals surface area contributed by atoms with Crippen LogP contribution in [0.25, 0.3) is 0 Å². The molecule has 32 heavy (non-hydrogen) atoms. The third-order valence-corrected chi connectivity index (χ3v) is 6.04. The summed E-state index contributed by atoms with van der Waals surface area (Å²) in [7, 11) is 0. The van der Waals surface area contributed by atoms with Gasteiger partial charge in [0.05, 0.1) is 23.0 Å². The van der Waals surface area contributed by atoms with E-state index < -0.39 is 6.04 Å². The van der Waals surface area contributed by atoms with Crippen molar-refractivity contribution in [1.29, 1.82) is 5.26 Å². The molecular weight excluding hydrogens is 422 g/mol. The number of carbonyl (C=O) groups is 1. The Hall–Kier alpha value is -3.40. The number of fused-ring (bicyclic) bond motifs is 1. The summed E-state index contributed by atoms with van der Waals surface area (Å²) in [6.07, 6.45) is 3.47. The molecule has 0 saturated carbocycles. The summed E-state index contributed by atoms with van der Waals surface area (Å²) in [5.74, 6) is 0.0318. The maximum Gasteiger partial charge on any atom is 0.248 e. The molecule has 162 valence electrons. The van der Waals surface area contributed by atoms with E-state index >= 15 is 0 Å². The molecule has 3 atom stereocenters. The number of halogens is 1. The first-order valence-corrected chi connectivity index (χ1v) is 10.9. The minimum Gasteiger partial charge on any atom is -0.369 e. The summed E-state index contributed by atoms with van der Waals surface area (Å²) in [6, 6.07) is 16.2. The third kappa shape index (κ3) is 4.45. The molecule has 0 unspecified atom stereocenters. The van der Waals surface area contributed by atoms with Gasteiger partial charge in [-0.3, -0.25) is 9.78 Å². The Morgan fingerprint density at radius 1 is 1.25 bits per heavy atom. The fourth-order valence-electron chi connectivity index (χ4n) is 4.17. The Kier molecular flexibility index (Phi) is 6.40. The van der Waals surface area contributed by atoms with Crippen molar-refractivity contribution in [2.45, 2.75) is 31.8 Å². The molecule has 2 heterocycles. The number of nitrogens with one attached hydrogen (secondary N) is 3. The first-order chi connectivity index (χ1) is 15.5. The number of hydrogen-bond acceptors (Lipinski definition) is 5. The largest absolute Gasteiger partial charge is 0.369 e. The predicted molar refractivity (Wildman–Crippen MR) is 127 cm³/mol. The van der Waals surface area contributed by atoms with Gasteiger partial charge in [-0.25, -0.2) is 0 Å². The van der Waals surface area contributed by atoms with Gasteiger partial charge in [-0.2, -0.15) is 5.26 Å². The first kappa shape index (κ1) is 21.8. The van der Waals surface area contributed by atoms with Crippen molar-refractivity contribution in [3.05, 3.63) is 88.2 Å². The summed E-state index contributed by atoms with van der Waals surface area (Å²) >= 11 is 6.11. The van der Waals surface area contributed by atoms with Crippen molar-refractivity contribution < 1.29 is 4.79 Å². The van der Waals surface area contributed by atoms with Gasteiger partial charge in [0, 0.05) is 24.0 Å². The van der Waals surface area contributed by atoms with Crippen LogP contribution in [0.4, 0.5) is 11.4 Å². The molecule has 0 radical (unpaired) electrons. The lowest BCUT2D eigenvalue weighted by Gasteiger charge is -2.34. The predicted octanol–water partition coefficient (Wildman–Crippen LogP) is 4.78. The molecule has 0 aliphatic carbocycles. The van der Waals surface area contributed by atoms with Crippen LogP contribution in [0.1, 0.15) is 41.1 Å². The second-order valence-electron chi connectivity index (χ2n) is 8.03. The van der Waals surface area contributed by atoms with Gasteiger partial charge in [-0.1, -0.05) is 36.7 Å². The number of aryl methyl sites for hydroxylation is 1. The molecule has 7 heteroatoms. The second-order valence-corrected chi connectivity index (χ2v) is 8.46. The Morgan fingerprint density at radius 3 is 2.81 bits per heavy atom. The van der Waals surface area contributed by atoms with E-state index in [1.54, 1.807) is 30.6 Å². The van der Waals surface area contributed by atoms with Gasteiger partial charge in [0.2, 0.25) is 5.91 Å². The zero-order valence-corrected chi connectivity index (χ0v) is 18.6. The quantitative estimate of drug-likeness (QED) is 0.508. The topological polar surface area (TPSA) is 89.8 Å². The Balaban J connectivity index is 1.62. The SMILES string of the molecule is Cc1cc(Cl)ccc1[C@H](C)CN[C@H](c1cccnc1)[C@@H]1Nc2c(C#N)cccc2NC1=O. The molecule has 0 spiro atoms. The Morgan fingerprint density at radius 2 is 2.09 bits per heavy atom. The van der Waals surface area contributed by atoms with Crippen LogP contribution in [0.2, 0.25) is 5.02 Å². The highest BCUT2D eigenvalue weighted by molar-refractivity contribution is 6.30. The van der Waals surface area contributed by atoms with Crippen molar-refractivity contribution in [3.8, 4) is 6.07 Å². The molecule has 4 rings (SSSR count). The molecule has 0 bridgehead atoms. The van der Waals surface area contributed by atoms with E-state index in [9.17, 15) is 10.1 Å². The molecule has 1 aliphatic heterocycles. The minimum absolute atomic E-state index is 0.163. The lowest BCUT2D eigenvalue weighted by Crippen LogP contribution is -2.48. The normalized spacial score (nSPS) is 16.8. The van der Waals surface area contributed by atoms with Crippen LogP contribution in [0.15, 0.2) is 60.9 Å². The molecule has 3 N–H and O–H groups in total. The van der Waals surface area contributed by atoms with Crippen LogP contribution in [0.3, 0.4) is 0 Å². The van der Waals surface area contributed by atoms with E-state index in [1.165, 1.54) is 5.56 Å². The Bertz CT molecular complexity index is 1170. The van der Waals surface area contributed by atoms with Gasteiger partial charge in [0.25, 0.3) is 0 Å². The monoisotopic (exact) mass is 445 g/mol. The summed E-state index contributed by atoms with van der Waals surface area (Å²) in [6.45, 7) is 4.83. The number of para-hydroxylation sites is 1. The van der Waals surface area contributed by atoms with Crippen molar-refractivity contribution in [2.75, 3.05) is 17.2 Å². The number of rotatable bonds is 6. The van der Waals surface area contributed by atoms with Crippen LogP contribution in [-0.2, 0) is 4.79 Å². The molecule has 1 aliphatic rings.